The quantitative estimate of drug-likeness (QED) is 0.815. The molecule has 2 heterocycles. The van der Waals surface area contributed by atoms with Crippen LogP contribution in [-0.2, 0) is 16.1 Å². The van der Waals surface area contributed by atoms with Crippen LogP contribution < -0.4 is 0 Å². The van der Waals surface area contributed by atoms with Crippen LogP contribution in [0.2, 0.25) is 0 Å². The van der Waals surface area contributed by atoms with Crippen molar-refractivity contribution in [3.63, 3.8) is 0 Å². The molecule has 2 rings (SSSR count). The molecule has 88 valence electrons. The van der Waals surface area contributed by atoms with E-state index in [-0.39, 0.29) is 18.4 Å². The summed E-state index contributed by atoms with van der Waals surface area (Å²) in [5.41, 5.74) is 0.560. The summed E-state index contributed by atoms with van der Waals surface area (Å²) in [6.07, 6.45) is 1.61. The Hall–Kier alpha value is -2.28. The number of hydrogen-bond acceptors (Lipinski definition) is 6. The standard InChI is InChI=1S/C10H9N3O4/c14-9(15)6-16-5-8-12-13-10(17-8)7-3-1-2-4-11-7/h1-4H,5-6H2,(H,14,15). The van der Waals surface area contributed by atoms with E-state index in [0.717, 1.165) is 0 Å². The van der Waals surface area contributed by atoms with Crippen LogP contribution in [0, 0.1) is 0 Å². The van der Waals surface area contributed by atoms with Gasteiger partial charge in [-0.3, -0.25) is 4.98 Å². The molecule has 17 heavy (non-hydrogen) atoms. The molecule has 0 saturated heterocycles. The fourth-order valence-electron chi connectivity index (χ4n) is 1.13. The van der Waals surface area contributed by atoms with Crippen LogP contribution >= 0.6 is 0 Å². The first-order valence-corrected chi connectivity index (χ1v) is 4.79. The number of ether oxygens (including phenoxy) is 1. The Morgan fingerprint density at radius 2 is 2.29 bits per heavy atom. The molecule has 0 aliphatic rings. The lowest BCUT2D eigenvalue weighted by Gasteiger charge is -1.95. The maximum atomic E-state index is 10.2. The summed E-state index contributed by atoms with van der Waals surface area (Å²) < 4.78 is 10.1. The molecule has 0 saturated carbocycles. The van der Waals surface area contributed by atoms with Gasteiger partial charge in [0.05, 0.1) is 0 Å². The van der Waals surface area contributed by atoms with Gasteiger partial charge in [-0.25, -0.2) is 4.79 Å². The molecule has 0 bridgehead atoms. The van der Waals surface area contributed by atoms with Crippen molar-refractivity contribution in [2.75, 3.05) is 6.61 Å². The summed E-state index contributed by atoms with van der Waals surface area (Å²) in [4.78, 5) is 14.3. The molecule has 7 heteroatoms. The first-order chi connectivity index (χ1) is 8.25. The second kappa shape index (κ2) is 5.17. The Morgan fingerprint density at radius 1 is 1.41 bits per heavy atom. The zero-order chi connectivity index (χ0) is 12.1. The van der Waals surface area contributed by atoms with Gasteiger partial charge in [0.25, 0.3) is 5.89 Å². The Labute approximate surface area is 96.1 Å². The second-order valence-electron chi connectivity index (χ2n) is 3.10. The van der Waals surface area contributed by atoms with Crippen molar-refractivity contribution in [2.24, 2.45) is 0 Å². The molecule has 7 nitrogen and oxygen atoms in total. The Morgan fingerprint density at radius 3 is 3.00 bits per heavy atom. The summed E-state index contributed by atoms with van der Waals surface area (Å²) in [6.45, 7) is -0.437. The predicted octanol–water partition coefficient (Wildman–Crippen LogP) is 0.733. The van der Waals surface area contributed by atoms with Crippen LogP contribution in [0.5, 0.6) is 0 Å². The van der Waals surface area contributed by atoms with Crippen molar-refractivity contribution >= 4 is 5.97 Å². The van der Waals surface area contributed by atoms with Gasteiger partial charge in [0.1, 0.15) is 18.9 Å². The third-order valence-electron chi connectivity index (χ3n) is 1.80. The first-order valence-electron chi connectivity index (χ1n) is 4.79. The van der Waals surface area contributed by atoms with E-state index in [2.05, 4.69) is 15.2 Å². The van der Waals surface area contributed by atoms with Crippen molar-refractivity contribution in [1.29, 1.82) is 0 Å². The van der Waals surface area contributed by atoms with Gasteiger partial charge >= 0.3 is 5.97 Å². The lowest BCUT2D eigenvalue weighted by atomic mass is 10.3. The fraction of sp³-hybridized carbons (Fsp3) is 0.200. The summed E-state index contributed by atoms with van der Waals surface area (Å²) in [5.74, 6) is -0.555. The van der Waals surface area contributed by atoms with Gasteiger partial charge in [0.2, 0.25) is 5.89 Å². The molecule has 0 amide bonds. The molecule has 0 radical (unpaired) electrons. The average Bonchev–Trinajstić information content (AvgIpc) is 2.78. The van der Waals surface area contributed by atoms with E-state index < -0.39 is 12.6 Å². The molecule has 0 spiro atoms. The van der Waals surface area contributed by atoms with Crippen molar-refractivity contribution in [3.8, 4) is 11.6 Å². The lowest BCUT2D eigenvalue weighted by molar-refractivity contribution is -0.142. The Kier molecular flexibility index (Phi) is 3.41. The number of aromatic nitrogens is 3. The van der Waals surface area contributed by atoms with E-state index in [0.29, 0.717) is 5.69 Å². The SMILES string of the molecule is O=C(O)COCc1nnc(-c2ccccn2)o1. The van der Waals surface area contributed by atoms with E-state index in [4.69, 9.17) is 14.3 Å². The minimum atomic E-state index is -1.05. The number of pyridine rings is 1. The maximum absolute atomic E-state index is 10.2. The van der Waals surface area contributed by atoms with Gasteiger partial charge < -0.3 is 14.3 Å². The van der Waals surface area contributed by atoms with Crippen molar-refractivity contribution in [3.05, 3.63) is 30.3 Å². The van der Waals surface area contributed by atoms with Crippen molar-refractivity contribution in [1.82, 2.24) is 15.2 Å². The number of carboxylic acid groups (broad SMARTS) is 1. The van der Waals surface area contributed by atoms with Gasteiger partial charge in [0.15, 0.2) is 0 Å². The number of carbonyl (C=O) groups is 1. The fourth-order valence-corrected chi connectivity index (χ4v) is 1.13. The molecule has 0 fully saturated rings. The zero-order valence-corrected chi connectivity index (χ0v) is 8.74. The minimum absolute atomic E-state index is 0.0356. The number of aliphatic carboxylic acids is 1. The highest BCUT2D eigenvalue weighted by molar-refractivity contribution is 5.67. The Bertz CT molecular complexity index is 497. The highest BCUT2D eigenvalue weighted by atomic mass is 16.5. The highest BCUT2D eigenvalue weighted by Crippen LogP contribution is 2.14. The number of hydrogen-bond donors (Lipinski definition) is 1. The summed E-state index contributed by atoms with van der Waals surface area (Å²) >= 11 is 0. The molecule has 0 atom stereocenters. The van der Waals surface area contributed by atoms with E-state index in [1.165, 1.54) is 0 Å². The van der Waals surface area contributed by atoms with E-state index in [9.17, 15) is 4.79 Å². The molecule has 1 N–H and O–H groups in total. The minimum Gasteiger partial charge on any atom is -0.480 e. The largest absolute Gasteiger partial charge is 0.480 e. The number of nitrogens with zero attached hydrogens (tertiary/aromatic N) is 3. The lowest BCUT2D eigenvalue weighted by Crippen LogP contribution is -2.06. The van der Waals surface area contributed by atoms with Gasteiger partial charge in [-0.2, -0.15) is 0 Å². The Balaban J connectivity index is 1.99. The summed E-state index contributed by atoms with van der Waals surface area (Å²) in [7, 11) is 0. The van der Waals surface area contributed by atoms with Crippen LogP contribution in [0.15, 0.2) is 28.8 Å². The number of carboxylic acids is 1. The zero-order valence-electron chi connectivity index (χ0n) is 8.74. The van der Waals surface area contributed by atoms with Crippen LogP contribution in [0.25, 0.3) is 11.6 Å². The molecule has 0 aromatic carbocycles. The molecule has 0 unspecified atom stereocenters. The summed E-state index contributed by atoms with van der Waals surface area (Å²) in [6, 6.07) is 5.30. The third-order valence-corrected chi connectivity index (χ3v) is 1.80. The van der Waals surface area contributed by atoms with E-state index in [1.807, 2.05) is 0 Å². The van der Waals surface area contributed by atoms with Gasteiger partial charge in [-0.05, 0) is 12.1 Å². The van der Waals surface area contributed by atoms with Crippen LogP contribution in [0.4, 0.5) is 0 Å². The monoisotopic (exact) mass is 235 g/mol. The molecular formula is C10H9N3O4. The third kappa shape index (κ3) is 3.08. The van der Waals surface area contributed by atoms with E-state index >= 15 is 0 Å². The van der Waals surface area contributed by atoms with Gasteiger partial charge in [-0.15, -0.1) is 10.2 Å². The van der Waals surface area contributed by atoms with Crippen molar-refractivity contribution in [2.45, 2.75) is 6.61 Å². The molecule has 2 aromatic rings. The van der Waals surface area contributed by atoms with Gasteiger partial charge in [0, 0.05) is 6.20 Å². The highest BCUT2D eigenvalue weighted by Gasteiger charge is 2.09. The predicted molar refractivity (Wildman–Crippen MR) is 54.8 cm³/mol. The van der Waals surface area contributed by atoms with Crippen LogP contribution in [0.3, 0.4) is 0 Å². The number of rotatable bonds is 5. The van der Waals surface area contributed by atoms with E-state index in [1.54, 1.807) is 24.4 Å². The van der Waals surface area contributed by atoms with Crippen LogP contribution in [0.1, 0.15) is 5.89 Å². The first kappa shape index (κ1) is 11.2. The maximum Gasteiger partial charge on any atom is 0.329 e. The molecular weight excluding hydrogens is 226 g/mol. The van der Waals surface area contributed by atoms with Gasteiger partial charge in [-0.1, -0.05) is 6.07 Å². The average molecular weight is 235 g/mol. The smallest absolute Gasteiger partial charge is 0.329 e. The molecule has 0 aliphatic heterocycles. The molecule has 2 aromatic heterocycles. The second-order valence-corrected chi connectivity index (χ2v) is 3.10. The normalized spacial score (nSPS) is 10.4. The summed E-state index contributed by atoms with van der Waals surface area (Å²) in [5, 5.41) is 15.9. The molecule has 0 aliphatic carbocycles. The van der Waals surface area contributed by atoms with Crippen molar-refractivity contribution < 1.29 is 19.1 Å². The topological polar surface area (TPSA) is 98.3 Å². The van der Waals surface area contributed by atoms with Crippen LogP contribution in [-0.4, -0.2) is 32.9 Å².